The Bertz CT molecular complexity index is 68.9. The van der Waals surface area contributed by atoms with Crippen LogP contribution >= 0.6 is 0 Å². The van der Waals surface area contributed by atoms with Crippen LogP contribution in [0, 0.1) is 0 Å². The summed E-state index contributed by atoms with van der Waals surface area (Å²) in [5.41, 5.74) is 0. The van der Waals surface area contributed by atoms with E-state index >= 15 is 0 Å². The number of nitrogens with zero attached hydrogens (tertiary/aromatic N) is 1. The molecule has 0 N–H and O–H groups in total. The van der Waals surface area contributed by atoms with Gasteiger partial charge in [0.2, 0.25) is 0 Å². The summed E-state index contributed by atoms with van der Waals surface area (Å²) in [7, 11) is 1.89. The molecule has 0 saturated carbocycles. The second-order valence-electron chi connectivity index (χ2n) is 0.832. The van der Waals surface area contributed by atoms with Crippen molar-refractivity contribution in [2.45, 2.75) is 0 Å². The van der Waals surface area contributed by atoms with Crippen molar-refractivity contribution in [2.75, 3.05) is 0 Å². The van der Waals surface area contributed by atoms with E-state index in [4.69, 9.17) is 0 Å². The summed E-state index contributed by atoms with van der Waals surface area (Å²) in [6.45, 7) is 0. The van der Waals surface area contributed by atoms with E-state index in [0.29, 0.717) is 0 Å². The molecule has 0 unspecified atom stereocenters. The first-order valence-electron chi connectivity index (χ1n) is 1.52. The largest absolute Gasteiger partial charge is 0.280 e. The fourth-order valence-electron chi connectivity index (χ4n) is 0.248. The average Bonchev–Trinajstić information content (AvgIpc) is 1.76. The van der Waals surface area contributed by atoms with E-state index in [9.17, 15) is 0 Å². The van der Waals surface area contributed by atoms with Gasteiger partial charge in [-0.25, -0.2) is 0 Å². The Balaban J connectivity index is 0.000000250. The first kappa shape index (κ1) is 5.99. The standard InChI is InChI=1S/C3H3BN.Cu/c1-2-5-3-4-1;/h1-3H;. The van der Waals surface area contributed by atoms with Crippen molar-refractivity contribution in [3.05, 3.63) is 12.2 Å². The van der Waals surface area contributed by atoms with E-state index in [2.05, 4.69) is 4.99 Å². The SMILES string of the molecule is [B]1C=CN=C1.[Cu]. The number of hydrogen-bond donors (Lipinski definition) is 0. The van der Waals surface area contributed by atoms with Gasteiger partial charge >= 0.3 is 0 Å². The normalized spacial score (nSPS) is 13.3. The van der Waals surface area contributed by atoms with Gasteiger partial charge in [-0.05, 0) is 6.11 Å². The van der Waals surface area contributed by atoms with E-state index in [-0.39, 0.29) is 17.1 Å². The Morgan fingerprint density at radius 1 is 1.50 bits per heavy atom. The Kier molecular flexibility index (Phi) is 3.19. The van der Waals surface area contributed by atoms with Crippen molar-refractivity contribution in [3.63, 3.8) is 0 Å². The quantitative estimate of drug-likeness (QED) is 0.412. The summed E-state index contributed by atoms with van der Waals surface area (Å²) in [6, 6.07) is 0. The molecule has 1 nitrogen and oxygen atoms in total. The molecule has 0 bridgehead atoms. The fraction of sp³-hybridized carbons (Fsp3) is 0. The van der Waals surface area contributed by atoms with Gasteiger partial charge in [0.05, 0.1) is 0 Å². The Morgan fingerprint density at radius 3 is 2.50 bits per heavy atom. The maximum atomic E-state index is 3.72. The van der Waals surface area contributed by atoms with Crippen LogP contribution in [0.25, 0.3) is 0 Å². The molecule has 1 rings (SSSR count). The topological polar surface area (TPSA) is 12.4 Å². The Hall–Kier alpha value is -0.00558. The first-order chi connectivity index (χ1) is 2.50. The Morgan fingerprint density at radius 2 is 2.33 bits per heavy atom. The molecular formula is C3H3BCuN. The molecule has 0 saturated heterocycles. The molecule has 0 aliphatic carbocycles. The zero-order valence-electron chi connectivity index (χ0n) is 3.06. The van der Waals surface area contributed by atoms with Crippen molar-refractivity contribution in [1.82, 2.24) is 0 Å². The minimum atomic E-state index is 0. The van der Waals surface area contributed by atoms with Gasteiger partial charge in [-0.15, -0.1) is 0 Å². The van der Waals surface area contributed by atoms with Crippen molar-refractivity contribution < 1.29 is 17.1 Å². The molecule has 0 fully saturated rings. The molecule has 0 spiro atoms. The molecule has 0 aromatic heterocycles. The van der Waals surface area contributed by atoms with E-state index in [1.807, 2.05) is 13.3 Å². The van der Waals surface area contributed by atoms with Crippen molar-refractivity contribution in [2.24, 2.45) is 4.99 Å². The maximum Gasteiger partial charge on any atom is 0.198 e. The van der Waals surface area contributed by atoms with Crippen molar-refractivity contribution in [3.8, 4) is 0 Å². The molecule has 34 valence electrons. The first-order valence-corrected chi connectivity index (χ1v) is 1.52. The van der Waals surface area contributed by atoms with Crippen LogP contribution in [0.15, 0.2) is 17.2 Å². The number of rotatable bonds is 0. The van der Waals surface area contributed by atoms with Gasteiger partial charge in [0.25, 0.3) is 0 Å². The van der Waals surface area contributed by atoms with Crippen LogP contribution in [0.1, 0.15) is 0 Å². The van der Waals surface area contributed by atoms with Crippen LogP contribution in [-0.4, -0.2) is 13.4 Å². The summed E-state index contributed by atoms with van der Waals surface area (Å²) in [5.74, 6) is 1.89. The monoisotopic (exact) mass is 127 g/mol. The van der Waals surface area contributed by atoms with Gasteiger partial charge in [-0.1, -0.05) is 5.98 Å². The molecule has 1 heterocycles. The third-order valence-corrected chi connectivity index (χ3v) is 0.455. The predicted molar refractivity (Wildman–Crippen MR) is 23.4 cm³/mol. The molecule has 0 amide bonds. The number of hydrogen-bond acceptors (Lipinski definition) is 1. The molecule has 0 aromatic rings. The van der Waals surface area contributed by atoms with Crippen LogP contribution < -0.4 is 0 Å². The van der Waals surface area contributed by atoms with Crippen LogP contribution in [-0.2, 0) is 17.1 Å². The second kappa shape index (κ2) is 3.19. The second-order valence-corrected chi connectivity index (χ2v) is 0.832. The van der Waals surface area contributed by atoms with Crippen LogP contribution in [0.2, 0.25) is 0 Å². The zero-order valence-corrected chi connectivity index (χ0v) is 4.00. The average molecular weight is 127 g/mol. The van der Waals surface area contributed by atoms with E-state index in [1.54, 1.807) is 12.3 Å². The minimum absolute atomic E-state index is 0. The molecule has 1 aliphatic heterocycles. The molecule has 2 radical (unpaired) electrons. The molecule has 0 atom stereocenters. The predicted octanol–water partition coefficient (Wildman–Crippen LogP) is 0.201. The van der Waals surface area contributed by atoms with Gasteiger partial charge < -0.3 is 0 Å². The summed E-state index contributed by atoms with van der Waals surface area (Å²) in [4.78, 5) is 3.72. The van der Waals surface area contributed by atoms with Gasteiger partial charge in [0.1, 0.15) is 0 Å². The van der Waals surface area contributed by atoms with Gasteiger partial charge in [0, 0.05) is 23.3 Å². The van der Waals surface area contributed by atoms with Crippen LogP contribution in [0.5, 0.6) is 0 Å². The minimum Gasteiger partial charge on any atom is -0.280 e. The fourth-order valence-corrected chi connectivity index (χ4v) is 0.248. The Labute approximate surface area is 48.3 Å². The van der Waals surface area contributed by atoms with E-state index < -0.39 is 0 Å². The van der Waals surface area contributed by atoms with Gasteiger partial charge in [-0.2, -0.15) is 0 Å². The van der Waals surface area contributed by atoms with E-state index in [0.717, 1.165) is 0 Å². The zero-order chi connectivity index (χ0) is 3.54. The molecule has 6 heavy (non-hydrogen) atoms. The molecule has 3 heteroatoms. The third kappa shape index (κ3) is 1.44. The van der Waals surface area contributed by atoms with Crippen LogP contribution in [0.4, 0.5) is 0 Å². The third-order valence-electron chi connectivity index (χ3n) is 0.455. The van der Waals surface area contributed by atoms with Crippen molar-refractivity contribution in [1.29, 1.82) is 0 Å². The summed E-state index contributed by atoms with van der Waals surface area (Å²) >= 11 is 0. The molecular weight excluding hydrogens is 124 g/mol. The summed E-state index contributed by atoms with van der Waals surface area (Å²) < 4.78 is 0. The van der Waals surface area contributed by atoms with Crippen LogP contribution in [0.3, 0.4) is 0 Å². The molecule has 0 aromatic carbocycles. The van der Waals surface area contributed by atoms with Gasteiger partial charge in [-0.3, -0.25) is 4.99 Å². The number of aliphatic imine (C=N–C) groups is 1. The molecule has 1 aliphatic rings. The maximum absolute atomic E-state index is 3.72. The summed E-state index contributed by atoms with van der Waals surface area (Å²) in [6.07, 6.45) is 3.50. The summed E-state index contributed by atoms with van der Waals surface area (Å²) in [5, 5.41) is 0. The van der Waals surface area contributed by atoms with Crippen molar-refractivity contribution >= 4 is 13.4 Å². The smallest absolute Gasteiger partial charge is 0.198 e. The van der Waals surface area contributed by atoms with E-state index in [1.165, 1.54) is 0 Å². The van der Waals surface area contributed by atoms with Gasteiger partial charge in [0.15, 0.2) is 7.28 Å².